The van der Waals surface area contributed by atoms with E-state index in [2.05, 4.69) is 21.2 Å². The third-order valence-electron chi connectivity index (χ3n) is 3.26. The normalized spacial score (nSPS) is 11.6. The van der Waals surface area contributed by atoms with Crippen molar-refractivity contribution in [3.05, 3.63) is 63.1 Å². The first-order chi connectivity index (χ1) is 11.4. The van der Waals surface area contributed by atoms with Crippen LogP contribution in [0.25, 0.3) is 0 Å². The largest absolute Gasteiger partial charge is 0.507 e. The van der Waals surface area contributed by atoms with Crippen LogP contribution in [0.4, 0.5) is 0 Å². The molecule has 0 aliphatic carbocycles. The monoisotopic (exact) mass is 411 g/mol. The fourth-order valence-electron chi connectivity index (χ4n) is 2.00. The first-order valence-electron chi connectivity index (χ1n) is 7.07. The van der Waals surface area contributed by atoms with Gasteiger partial charge in [-0.25, -0.2) is 4.79 Å². The second-order valence-corrected chi connectivity index (χ2v) is 6.43. The minimum atomic E-state index is -0.796. The topological polar surface area (TPSA) is 75.6 Å². The zero-order valence-corrected chi connectivity index (χ0v) is 15.1. The molecule has 126 valence electrons. The maximum Gasteiger partial charge on any atom is 0.342 e. The van der Waals surface area contributed by atoms with Crippen molar-refractivity contribution in [3.63, 3.8) is 0 Å². The number of phenolic OH excluding ortho intramolecular Hbond substituents is 1. The van der Waals surface area contributed by atoms with Gasteiger partial charge in [-0.2, -0.15) is 0 Å². The molecule has 0 aliphatic rings. The van der Waals surface area contributed by atoms with Crippen molar-refractivity contribution < 1.29 is 19.4 Å². The molecule has 0 aromatic heterocycles. The van der Waals surface area contributed by atoms with E-state index in [4.69, 9.17) is 16.3 Å². The lowest BCUT2D eigenvalue weighted by Gasteiger charge is -2.14. The van der Waals surface area contributed by atoms with Gasteiger partial charge in [0.2, 0.25) is 0 Å². The van der Waals surface area contributed by atoms with Crippen molar-refractivity contribution in [3.8, 4) is 5.75 Å². The highest BCUT2D eigenvalue weighted by molar-refractivity contribution is 9.10. The molecule has 1 atom stereocenters. The van der Waals surface area contributed by atoms with E-state index in [1.54, 1.807) is 0 Å². The van der Waals surface area contributed by atoms with E-state index in [0.717, 1.165) is 10.0 Å². The van der Waals surface area contributed by atoms with E-state index >= 15 is 0 Å². The maximum atomic E-state index is 11.9. The lowest BCUT2D eigenvalue weighted by Crippen LogP contribution is -2.31. The van der Waals surface area contributed by atoms with Gasteiger partial charge in [0.05, 0.1) is 6.04 Å². The van der Waals surface area contributed by atoms with E-state index < -0.39 is 18.5 Å². The number of hydrogen-bond donors (Lipinski definition) is 2. The summed E-state index contributed by atoms with van der Waals surface area (Å²) in [5.74, 6) is -1.53. The summed E-state index contributed by atoms with van der Waals surface area (Å²) in [7, 11) is 0. The maximum absolute atomic E-state index is 11.9. The number of rotatable bonds is 5. The van der Waals surface area contributed by atoms with Gasteiger partial charge in [-0.1, -0.05) is 39.7 Å². The third kappa shape index (κ3) is 4.97. The molecule has 0 radical (unpaired) electrons. The summed E-state index contributed by atoms with van der Waals surface area (Å²) in [6.07, 6.45) is 0. The predicted octanol–water partition coefficient (Wildman–Crippen LogP) is 3.84. The lowest BCUT2D eigenvalue weighted by atomic mass is 10.1. The molecule has 2 aromatic rings. The van der Waals surface area contributed by atoms with Gasteiger partial charge in [-0.05, 0) is 42.8 Å². The standard InChI is InChI=1S/C17H15BrClNO4/c1-10(11-2-4-12(18)5-3-11)20-16(22)9-24-17(23)14-7-6-13(19)8-15(14)21/h2-8,10,21H,9H2,1H3,(H,20,22)/t10-/m1/s1. The molecule has 2 rings (SSSR count). The van der Waals surface area contributed by atoms with Crippen LogP contribution in [-0.2, 0) is 9.53 Å². The smallest absolute Gasteiger partial charge is 0.342 e. The number of phenols is 1. The van der Waals surface area contributed by atoms with Crippen LogP contribution < -0.4 is 5.32 Å². The molecule has 1 amide bonds. The summed E-state index contributed by atoms with van der Waals surface area (Å²) < 4.78 is 5.85. The Hall–Kier alpha value is -2.05. The van der Waals surface area contributed by atoms with Crippen molar-refractivity contribution in [1.29, 1.82) is 0 Å². The van der Waals surface area contributed by atoms with Crippen LogP contribution in [-0.4, -0.2) is 23.6 Å². The fraction of sp³-hybridized carbons (Fsp3) is 0.176. The summed E-state index contributed by atoms with van der Waals surface area (Å²) in [5.41, 5.74) is 0.876. The highest BCUT2D eigenvalue weighted by Gasteiger charge is 2.16. The average molecular weight is 413 g/mol. The van der Waals surface area contributed by atoms with Gasteiger partial charge in [0.25, 0.3) is 5.91 Å². The molecule has 5 nitrogen and oxygen atoms in total. The molecule has 0 bridgehead atoms. The number of esters is 1. The van der Waals surface area contributed by atoms with Gasteiger partial charge in [0.15, 0.2) is 6.61 Å². The molecule has 7 heteroatoms. The molecular formula is C17H15BrClNO4. The quantitative estimate of drug-likeness (QED) is 0.732. The molecule has 2 N–H and O–H groups in total. The SMILES string of the molecule is C[C@@H](NC(=O)COC(=O)c1ccc(Cl)cc1O)c1ccc(Br)cc1. The van der Waals surface area contributed by atoms with Crippen molar-refractivity contribution >= 4 is 39.4 Å². The minimum absolute atomic E-state index is 0.0480. The number of carbonyl (C=O) groups excluding carboxylic acids is 2. The highest BCUT2D eigenvalue weighted by atomic mass is 79.9. The molecule has 0 aliphatic heterocycles. The Labute approximate surface area is 152 Å². The summed E-state index contributed by atoms with van der Waals surface area (Å²) >= 11 is 9.04. The molecule has 0 saturated carbocycles. The minimum Gasteiger partial charge on any atom is -0.507 e. The summed E-state index contributed by atoms with van der Waals surface area (Å²) in [6, 6.07) is 11.3. The van der Waals surface area contributed by atoms with Gasteiger partial charge in [0, 0.05) is 9.50 Å². The molecule has 0 heterocycles. The van der Waals surface area contributed by atoms with Gasteiger partial charge < -0.3 is 15.2 Å². The van der Waals surface area contributed by atoms with Crippen LogP contribution in [0.2, 0.25) is 5.02 Å². The Morgan fingerprint density at radius 2 is 1.92 bits per heavy atom. The molecule has 0 unspecified atom stereocenters. The number of benzene rings is 2. The fourth-order valence-corrected chi connectivity index (χ4v) is 2.43. The van der Waals surface area contributed by atoms with Crippen LogP contribution in [0, 0.1) is 0 Å². The molecule has 0 fully saturated rings. The zero-order chi connectivity index (χ0) is 17.7. The van der Waals surface area contributed by atoms with Gasteiger partial charge in [0.1, 0.15) is 11.3 Å². The van der Waals surface area contributed by atoms with Gasteiger partial charge in [-0.15, -0.1) is 0 Å². The second kappa shape index (κ2) is 8.17. The van der Waals surface area contributed by atoms with E-state index in [0.29, 0.717) is 5.02 Å². The molecule has 0 saturated heterocycles. The summed E-state index contributed by atoms with van der Waals surface area (Å²) in [6.45, 7) is 1.38. The zero-order valence-electron chi connectivity index (χ0n) is 12.8. The Morgan fingerprint density at radius 3 is 2.54 bits per heavy atom. The van der Waals surface area contributed by atoms with Crippen molar-refractivity contribution in [2.75, 3.05) is 6.61 Å². The number of aromatic hydroxyl groups is 1. The number of ether oxygens (including phenoxy) is 1. The summed E-state index contributed by atoms with van der Waals surface area (Å²) in [5, 5.41) is 12.7. The molecular weight excluding hydrogens is 398 g/mol. The Balaban J connectivity index is 1.88. The Morgan fingerprint density at radius 1 is 1.25 bits per heavy atom. The molecule has 0 spiro atoms. The summed E-state index contributed by atoms with van der Waals surface area (Å²) in [4.78, 5) is 23.8. The third-order valence-corrected chi connectivity index (χ3v) is 4.03. The highest BCUT2D eigenvalue weighted by Crippen LogP contribution is 2.22. The Bertz CT molecular complexity index is 749. The second-order valence-electron chi connectivity index (χ2n) is 5.08. The average Bonchev–Trinajstić information content (AvgIpc) is 2.53. The first-order valence-corrected chi connectivity index (χ1v) is 8.24. The van der Waals surface area contributed by atoms with Crippen molar-refractivity contribution in [2.24, 2.45) is 0 Å². The van der Waals surface area contributed by atoms with E-state index in [-0.39, 0.29) is 17.4 Å². The molecule has 24 heavy (non-hydrogen) atoms. The Kier molecular flexibility index (Phi) is 6.23. The number of halogens is 2. The van der Waals surface area contributed by atoms with Gasteiger partial charge >= 0.3 is 5.97 Å². The van der Waals surface area contributed by atoms with Crippen LogP contribution in [0.3, 0.4) is 0 Å². The van der Waals surface area contributed by atoms with Crippen LogP contribution in [0.1, 0.15) is 28.9 Å². The lowest BCUT2D eigenvalue weighted by molar-refractivity contribution is -0.124. The van der Waals surface area contributed by atoms with Crippen molar-refractivity contribution in [2.45, 2.75) is 13.0 Å². The van der Waals surface area contributed by atoms with E-state index in [9.17, 15) is 14.7 Å². The van der Waals surface area contributed by atoms with E-state index in [1.807, 2.05) is 31.2 Å². The molecule has 2 aromatic carbocycles. The van der Waals surface area contributed by atoms with Crippen molar-refractivity contribution in [1.82, 2.24) is 5.32 Å². The number of hydrogen-bond acceptors (Lipinski definition) is 4. The number of amides is 1. The van der Waals surface area contributed by atoms with E-state index in [1.165, 1.54) is 18.2 Å². The van der Waals surface area contributed by atoms with Crippen LogP contribution in [0.5, 0.6) is 5.75 Å². The first kappa shape index (κ1) is 18.3. The van der Waals surface area contributed by atoms with Crippen LogP contribution >= 0.6 is 27.5 Å². The predicted molar refractivity (Wildman–Crippen MR) is 94.1 cm³/mol. The van der Waals surface area contributed by atoms with Crippen LogP contribution in [0.15, 0.2) is 46.9 Å². The number of nitrogens with one attached hydrogen (secondary N) is 1. The number of carbonyl (C=O) groups is 2. The van der Waals surface area contributed by atoms with Gasteiger partial charge in [-0.3, -0.25) is 4.79 Å².